The van der Waals surface area contributed by atoms with E-state index in [-0.39, 0.29) is 0 Å². The summed E-state index contributed by atoms with van der Waals surface area (Å²) in [6.07, 6.45) is 2.04. The number of hydrogen-bond acceptors (Lipinski definition) is 1. The Labute approximate surface area is 93.7 Å². The van der Waals surface area contributed by atoms with Gasteiger partial charge in [0.1, 0.15) is 0 Å². The molecule has 0 aliphatic rings. The zero-order valence-electron chi connectivity index (χ0n) is 6.55. The van der Waals surface area contributed by atoms with Crippen molar-refractivity contribution in [3.05, 3.63) is 39.7 Å². The zero-order valence-corrected chi connectivity index (χ0v) is 10.5. The van der Waals surface area contributed by atoms with Gasteiger partial charge in [0.25, 0.3) is 0 Å². The van der Waals surface area contributed by atoms with Crippen molar-refractivity contribution in [1.82, 2.24) is 0 Å². The summed E-state index contributed by atoms with van der Waals surface area (Å²) in [5.74, 6) is 0. The Morgan fingerprint density at radius 2 is 1.75 bits per heavy atom. The van der Waals surface area contributed by atoms with E-state index in [0.717, 1.165) is 8.30 Å². The molecule has 12 heavy (non-hydrogen) atoms. The normalized spacial score (nSPS) is 12.6. The van der Waals surface area contributed by atoms with Crippen LogP contribution < -0.4 is 0 Å². The van der Waals surface area contributed by atoms with E-state index >= 15 is 0 Å². The summed E-state index contributed by atoms with van der Waals surface area (Å²) in [4.78, 5) is 0. The molecule has 1 aromatic carbocycles. The molecule has 3 heteroatoms. The highest BCUT2D eigenvalue weighted by Gasteiger charge is 2.00. The van der Waals surface area contributed by atoms with E-state index in [2.05, 4.69) is 44.0 Å². The Hall–Kier alpha value is 0.270. The van der Waals surface area contributed by atoms with E-state index in [4.69, 9.17) is 0 Å². The predicted octanol–water partition coefficient (Wildman–Crippen LogP) is 4.47. The topological polar surface area (TPSA) is 0 Å². The first kappa shape index (κ1) is 10.4. The molecule has 0 saturated heterocycles. The fourth-order valence-corrected chi connectivity index (χ4v) is 2.06. The smallest absolute Gasteiger partial charge is 0.0648 e. The maximum absolute atomic E-state index is 3.52. The minimum Gasteiger partial charge on any atom is -0.121 e. The molecule has 1 rings (SSSR count). The molecule has 0 atom stereocenters. The molecule has 1 aromatic rings. The van der Waals surface area contributed by atoms with Gasteiger partial charge in [-0.25, -0.2) is 0 Å². The lowest BCUT2D eigenvalue weighted by Gasteiger charge is -2.00. The lowest BCUT2D eigenvalue weighted by Crippen LogP contribution is -1.75. The molecular weight excluding hydrogens is 300 g/mol. The molecule has 0 aliphatic heterocycles. The molecular formula is C9H8Br2S. The molecule has 0 bridgehead atoms. The molecule has 0 amide bonds. The second-order valence-electron chi connectivity index (χ2n) is 2.16. The van der Waals surface area contributed by atoms with Gasteiger partial charge in [-0.15, -0.1) is 11.8 Å². The van der Waals surface area contributed by atoms with Crippen molar-refractivity contribution in [2.45, 2.75) is 0 Å². The van der Waals surface area contributed by atoms with Gasteiger partial charge < -0.3 is 0 Å². The largest absolute Gasteiger partial charge is 0.121 e. The molecule has 0 N–H and O–H groups in total. The van der Waals surface area contributed by atoms with Crippen LogP contribution in [0.2, 0.25) is 0 Å². The molecule has 0 fully saturated rings. The highest BCUT2D eigenvalue weighted by Crippen LogP contribution is 2.34. The van der Waals surface area contributed by atoms with Crippen LogP contribution in [0, 0.1) is 0 Å². The number of rotatable bonds is 2. The molecule has 64 valence electrons. The van der Waals surface area contributed by atoms with Crippen LogP contribution in [-0.4, -0.2) is 6.26 Å². The monoisotopic (exact) mass is 306 g/mol. The maximum atomic E-state index is 3.52. The third kappa shape index (κ3) is 2.64. The first-order chi connectivity index (χ1) is 5.75. The Morgan fingerprint density at radius 3 is 2.25 bits per heavy atom. The van der Waals surface area contributed by atoms with Crippen LogP contribution in [0.1, 0.15) is 5.56 Å². The van der Waals surface area contributed by atoms with E-state index in [1.807, 2.05) is 24.5 Å². The van der Waals surface area contributed by atoms with Gasteiger partial charge in [-0.2, -0.15) is 0 Å². The molecule has 0 radical (unpaired) electrons. The standard InChI is InChI=1S/C9H8Br2S/c1-12-9(11)8(10)7-5-3-2-4-6-7/h2-6H,1H3/b9-8+. The van der Waals surface area contributed by atoms with Gasteiger partial charge in [0.05, 0.1) is 3.81 Å². The Kier molecular flexibility index (Phi) is 4.40. The maximum Gasteiger partial charge on any atom is 0.0648 e. The van der Waals surface area contributed by atoms with Gasteiger partial charge in [0.15, 0.2) is 0 Å². The molecule has 0 heterocycles. The highest BCUT2D eigenvalue weighted by atomic mass is 79.9. The minimum absolute atomic E-state index is 1.11. The Morgan fingerprint density at radius 1 is 1.17 bits per heavy atom. The van der Waals surface area contributed by atoms with Crippen LogP contribution in [0.25, 0.3) is 4.48 Å². The summed E-state index contributed by atoms with van der Waals surface area (Å²) < 4.78 is 2.23. The summed E-state index contributed by atoms with van der Waals surface area (Å²) in [7, 11) is 0. The van der Waals surface area contributed by atoms with Crippen LogP contribution >= 0.6 is 43.6 Å². The van der Waals surface area contributed by atoms with Crippen molar-refractivity contribution in [3.8, 4) is 0 Å². The first-order valence-corrected chi connectivity index (χ1v) is 6.21. The van der Waals surface area contributed by atoms with Crippen LogP contribution in [-0.2, 0) is 0 Å². The Bertz CT molecular complexity index is 280. The van der Waals surface area contributed by atoms with Crippen molar-refractivity contribution in [2.75, 3.05) is 6.26 Å². The lowest BCUT2D eigenvalue weighted by atomic mass is 10.2. The molecule has 0 nitrogen and oxygen atoms in total. The van der Waals surface area contributed by atoms with Gasteiger partial charge in [0, 0.05) is 4.48 Å². The van der Waals surface area contributed by atoms with E-state index in [1.54, 1.807) is 11.8 Å². The molecule has 0 unspecified atom stereocenters. The fourth-order valence-electron chi connectivity index (χ4n) is 0.788. The lowest BCUT2D eigenvalue weighted by molar-refractivity contribution is 1.66. The third-order valence-corrected chi connectivity index (χ3v) is 4.96. The molecule has 0 aromatic heterocycles. The second-order valence-corrected chi connectivity index (χ2v) is 5.09. The van der Waals surface area contributed by atoms with E-state index in [9.17, 15) is 0 Å². The van der Waals surface area contributed by atoms with Crippen molar-refractivity contribution < 1.29 is 0 Å². The van der Waals surface area contributed by atoms with Crippen LogP contribution in [0.3, 0.4) is 0 Å². The van der Waals surface area contributed by atoms with Crippen molar-refractivity contribution >= 4 is 48.1 Å². The van der Waals surface area contributed by atoms with Crippen LogP contribution in [0.4, 0.5) is 0 Å². The highest BCUT2D eigenvalue weighted by molar-refractivity contribution is 9.17. The molecule has 0 aliphatic carbocycles. The number of halogens is 2. The summed E-state index contributed by atoms with van der Waals surface area (Å²) in [6.45, 7) is 0. The van der Waals surface area contributed by atoms with Crippen molar-refractivity contribution in [2.24, 2.45) is 0 Å². The van der Waals surface area contributed by atoms with Crippen LogP contribution in [0.5, 0.6) is 0 Å². The van der Waals surface area contributed by atoms with Gasteiger partial charge in [-0.1, -0.05) is 30.3 Å². The fraction of sp³-hybridized carbons (Fsp3) is 0.111. The van der Waals surface area contributed by atoms with Gasteiger partial charge >= 0.3 is 0 Å². The quantitative estimate of drug-likeness (QED) is 0.777. The summed E-state index contributed by atoms with van der Waals surface area (Å²) in [6, 6.07) is 10.2. The summed E-state index contributed by atoms with van der Waals surface area (Å²) >= 11 is 8.68. The Balaban J connectivity index is 3.00. The average molecular weight is 308 g/mol. The number of thioether (sulfide) groups is 1. The average Bonchev–Trinajstić information content (AvgIpc) is 2.17. The van der Waals surface area contributed by atoms with Gasteiger partial charge in [0.2, 0.25) is 0 Å². The first-order valence-electron chi connectivity index (χ1n) is 3.40. The second kappa shape index (κ2) is 5.10. The zero-order chi connectivity index (χ0) is 8.97. The summed E-state index contributed by atoms with van der Waals surface area (Å²) in [5, 5.41) is 0. The van der Waals surface area contributed by atoms with Crippen molar-refractivity contribution in [3.63, 3.8) is 0 Å². The number of benzene rings is 1. The van der Waals surface area contributed by atoms with E-state index in [0.29, 0.717) is 0 Å². The predicted molar refractivity (Wildman–Crippen MR) is 64.7 cm³/mol. The number of hydrogen-bond donors (Lipinski definition) is 0. The van der Waals surface area contributed by atoms with Gasteiger partial charge in [-0.3, -0.25) is 0 Å². The van der Waals surface area contributed by atoms with E-state index in [1.165, 1.54) is 5.56 Å². The molecule has 0 saturated carbocycles. The van der Waals surface area contributed by atoms with E-state index < -0.39 is 0 Å². The SMILES string of the molecule is CS/C(Br)=C(/Br)c1ccccc1. The summed E-state index contributed by atoms with van der Waals surface area (Å²) in [5.41, 5.74) is 1.19. The van der Waals surface area contributed by atoms with Crippen molar-refractivity contribution in [1.29, 1.82) is 0 Å². The van der Waals surface area contributed by atoms with Gasteiger partial charge in [-0.05, 0) is 43.7 Å². The van der Waals surface area contributed by atoms with Crippen LogP contribution in [0.15, 0.2) is 34.1 Å². The third-order valence-electron chi connectivity index (χ3n) is 1.38. The molecule has 0 spiro atoms. The minimum atomic E-state index is 1.11.